The van der Waals surface area contributed by atoms with E-state index in [2.05, 4.69) is 35.7 Å². The van der Waals surface area contributed by atoms with E-state index in [1.54, 1.807) is 38.2 Å². The number of pyridine rings is 1. The number of aryl methyl sites for hydroxylation is 2. The molecule has 4 aromatic rings. The van der Waals surface area contributed by atoms with Gasteiger partial charge in [0, 0.05) is 5.69 Å². The standard InChI is InChI=1S/C17H16F2N8O/c1-8-7-11(12-16(20-8)23-17(22-12)14(18)19)21-10-6-4-5-9(13(10)28-3)15-24-26-27(2)25-15/h4-7,14H,1-3H3,(H2,20,21,22,23). The quantitative estimate of drug-likeness (QED) is 0.543. The number of nitrogens with zero attached hydrogens (tertiary/aromatic N) is 6. The van der Waals surface area contributed by atoms with Gasteiger partial charge in [0.05, 0.1) is 31.1 Å². The zero-order valence-corrected chi connectivity index (χ0v) is 15.2. The van der Waals surface area contributed by atoms with E-state index in [9.17, 15) is 8.78 Å². The number of nitrogens with one attached hydrogen (secondary N) is 2. The number of ether oxygens (including phenoxy) is 1. The fourth-order valence-electron chi connectivity index (χ4n) is 2.90. The Balaban J connectivity index is 1.81. The average Bonchev–Trinajstić information content (AvgIpc) is 3.28. The molecule has 0 fully saturated rings. The third kappa shape index (κ3) is 3.10. The second-order valence-corrected chi connectivity index (χ2v) is 6.05. The predicted molar refractivity (Wildman–Crippen MR) is 97.7 cm³/mol. The van der Waals surface area contributed by atoms with Crippen molar-refractivity contribution in [2.24, 2.45) is 7.05 Å². The van der Waals surface area contributed by atoms with E-state index in [0.29, 0.717) is 39.7 Å². The number of anilines is 2. The van der Waals surface area contributed by atoms with Crippen molar-refractivity contribution >= 4 is 22.5 Å². The maximum absolute atomic E-state index is 13.0. The van der Waals surface area contributed by atoms with Crippen LogP contribution in [0.25, 0.3) is 22.6 Å². The lowest BCUT2D eigenvalue weighted by Crippen LogP contribution is -1.99. The van der Waals surface area contributed by atoms with Crippen LogP contribution in [0.5, 0.6) is 5.75 Å². The van der Waals surface area contributed by atoms with Crippen LogP contribution in [0.2, 0.25) is 0 Å². The zero-order valence-electron chi connectivity index (χ0n) is 15.2. The Hall–Kier alpha value is -3.63. The highest BCUT2D eigenvalue weighted by Crippen LogP contribution is 2.37. The number of halogens is 2. The van der Waals surface area contributed by atoms with E-state index < -0.39 is 12.2 Å². The second kappa shape index (κ2) is 6.83. The number of aromatic amines is 1. The molecular weight excluding hydrogens is 370 g/mol. The van der Waals surface area contributed by atoms with Crippen molar-refractivity contribution in [3.8, 4) is 17.1 Å². The van der Waals surface area contributed by atoms with Gasteiger partial charge in [-0.1, -0.05) is 6.07 Å². The van der Waals surface area contributed by atoms with Crippen LogP contribution in [0.15, 0.2) is 24.3 Å². The molecule has 0 saturated heterocycles. The molecular formula is C17H16F2N8O. The molecule has 0 aliphatic heterocycles. The summed E-state index contributed by atoms with van der Waals surface area (Å²) >= 11 is 0. The van der Waals surface area contributed by atoms with E-state index in [-0.39, 0.29) is 5.65 Å². The largest absolute Gasteiger partial charge is 0.494 e. The molecule has 0 bridgehead atoms. The Morgan fingerprint density at radius 2 is 2.04 bits per heavy atom. The van der Waals surface area contributed by atoms with Gasteiger partial charge in [0.2, 0.25) is 5.82 Å². The summed E-state index contributed by atoms with van der Waals surface area (Å²) in [6, 6.07) is 7.13. The van der Waals surface area contributed by atoms with E-state index in [1.165, 1.54) is 11.9 Å². The molecule has 0 amide bonds. The number of hydrogen-bond donors (Lipinski definition) is 2. The maximum Gasteiger partial charge on any atom is 0.295 e. The third-order valence-electron chi connectivity index (χ3n) is 4.04. The van der Waals surface area contributed by atoms with E-state index >= 15 is 0 Å². The number of rotatable bonds is 5. The van der Waals surface area contributed by atoms with Crippen LogP contribution in [-0.2, 0) is 7.05 Å². The van der Waals surface area contributed by atoms with Crippen molar-refractivity contribution < 1.29 is 13.5 Å². The maximum atomic E-state index is 13.0. The van der Waals surface area contributed by atoms with E-state index in [1.807, 2.05) is 0 Å². The first-order chi connectivity index (χ1) is 13.5. The molecule has 9 nitrogen and oxygen atoms in total. The Morgan fingerprint density at radius 3 is 2.71 bits per heavy atom. The van der Waals surface area contributed by atoms with Gasteiger partial charge in [0.1, 0.15) is 5.52 Å². The number of alkyl halides is 2. The number of aromatic nitrogens is 7. The first-order valence-corrected chi connectivity index (χ1v) is 8.30. The van der Waals surface area contributed by atoms with E-state index in [4.69, 9.17) is 4.74 Å². The van der Waals surface area contributed by atoms with Gasteiger partial charge in [0.25, 0.3) is 6.43 Å². The van der Waals surface area contributed by atoms with Gasteiger partial charge >= 0.3 is 0 Å². The van der Waals surface area contributed by atoms with Gasteiger partial charge in [-0.3, -0.25) is 0 Å². The summed E-state index contributed by atoms with van der Waals surface area (Å²) in [5.74, 6) is 0.460. The highest BCUT2D eigenvalue weighted by molar-refractivity contribution is 5.90. The Kier molecular flexibility index (Phi) is 4.34. The van der Waals surface area contributed by atoms with Crippen LogP contribution < -0.4 is 10.1 Å². The SMILES string of the molecule is COc1c(Nc2cc(C)nc3[nH]c(C(F)F)nc23)cccc1-c1nnn(C)n1. The topological polar surface area (TPSA) is 106 Å². The number of H-pyrrole nitrogens is 1. The first kappa shape index (κ1) is 17.8. The van der Waals surface area contributed by atoms with Gasteiger partial charge < -0.3 is 15.0 Å². The number of para-hydroxylation sites is 1. The summed E-state index contributed by atoms with van der Waals surface area (Å²) in [5, 5.41) is 15.3. The van der Waals surface area contributed by atoms with Gasteiger partial charge in [0.15, 0.2) is 17.2 Å². The molecule has 0 saturated carbocycles. The molecule has 0 radical (unpaired) electrons. The minimum absolute atomic E-state index is 0.281. The molecule has 3 heterocycles. The highest BCUT2D eigenvalue weighted by atomic mass is 19.3. The minimum Gasteiger partial charge on any atom is -0.494 e. The average molecular weight is 386 g/mol. The van der Waals surface area contributed by atoms with Crippen molar-refractivity contribution in [3.05, 3.63) is 35.8 Å². The number of fused-ring (bicyclic) bond motifs is 1. The molecule has 0 aliphatic rings. The molecule has 0 aliphatic carbocycles. The minimum atomic E-state index is -2.72. The number of imidazole rings is 1. The lowest BCUT2D eigenvalue weighted by atomic mass is 10.1. The van der Waals surface area contributed by atoms with Crippen molar-refractivity contribution in [2.45, 2.75) is 13.3 Å². The Morgan fingerprint density at radius 1 is 1.21 bits per heavy atom. The van der Waals surface area contributed by atoms with Crippen LogP contribution >= 0.6 is 0 Å². The van der Waals surface area contributed by atoms with Gasteiger partial charge in [-0.25, -0.2) is 18.7 Å². The molecule has 0 spiro atoms. The normalized spacial score (nSPS) is 11.4. The van der Waals surface area contributed by atoms with Crippen LogP contribution in [0.1, 0.15) is 17.9 Å². The molecule has 1 aromatic carbocycles. The Labute approximate surface area is 157 Å². The van der Waals surface area contributed by atoms with Crippen LogP contribution in [-0.4, -0.2) is 42.3 Å². The Bertz CT molecular complexity index is 1150. The lowest BCUT2D eigenvalue weighted by Gasteiger charge is -2.14. The monoisotopic (exact) mass is 386 g/mol. The van der Waals surface area contributed by atoms with Crippen molar-refractivity contribution in [1.29, 1.82) is 0 Å². The van der Waals surface area contributed by atoms with E-state index in [0.717, 1.165) is 0 Å². The summed E-state index contributed by atoms with van der Waals surface area (Å²) in [6.07, 6.45) is -2.72. The highest BCUT2D eigenvalue weighted by Gasteiger charge is 2.19. The summed E-state index contributed by atoms with van der Waals surface area (Å²) in [5.41, 5.74) is 2.99. The molecule has 0 atom stereocenters. The third-order valence-corrected chi connectivity index (χ3v) is 4.04. The number of methoxy groups -OCH3 is 1. The van der Waals surface area contributed by atoms with Crippen molar-refractivity contribution in [1.82, 2.24) is 35.2 Å². The summed E-state index contributed by atoms with van der Waals surface area (Å²) < 4.78 is 31.6. The summed E-state index contributed by atoms with van der Waals surface area (Å²) in [6.45, 7) is 1.77. The second-order valence-electron chi connectivity index (χ2n) is 6.05. The molecule has 28 heavy (non-hydrogen) atoms. The van der Waals surface area contributed by atoms with Gasteiger partial charge in [-0.15, -0.1) is 10.2 Å². The number of benzene rings is 1. The van der Waals surface area contributed by atoms with Crippen LogP contribution in [0.3, 0.4) is 0 Å². The number of hydrogen-bond acceptors (Lipinski definition) is 7. The predicted octanol–water partition coefficient (Wildman–Crippen LogP) is 3.15. The van der Waals surface area contributed by atoms with Crippen molar-refractivity contribution in [2.75, 3.05) is 12.4 Å². The van der Waals surface area contributed by atoms with Gasteiger partial charge in [-0.2, -0.15) is 4.80 Å². The lowest BCUT2D eigenvalue weighted by molar-refractivity contribution is 0.142. The molecule has 3 aromatic heterocycles. The van der Waals surface area contributed by atoms with Crippen molar-refractivity contribution in [3.63, 3.8) is 0 Å². The van der Waals surface area contributed by atoms with Crippen LogP contribution in [0, 0.1) is 6.92 Å². The molecule has 0 unspecified atom stereocenters. The number of tetrazole rings is 1. The summed E-state index contributed by atoms with van der Waals surface area (Å²) in [7, 11) is 3.19. The first-order valence-electron chi connectivity index (χ1n) is 8.30. The zero-order chi connectivity index (χ0) is 19.8. The van der Waals surface area contributed by atoms with Gasteiger partial charge in [-0.05, 0) is 30.3 Å². The summed E-state index contributed by atoms with van der Waals surface area (Å²) in [4.78, 5) is 12.1. The molecule has 144 valence electrons. The molecule has 4 rings (SSSR count). The fourth-order valence-corrected chi connectivity index (χ4v) is 2.90. The molecule has 2 N–H and O–H groups in total. The van der Waals surface area contributed by atoms with Crippen LogP contribution in [0.4, 0.5) is 20.2 Å². The smallest absolute Gasteiger partial charge is 0.295 e. The molecule has 11 heteroatoms. The fraction of sp³-hybridized carbons (Fsp3) is 0.235.